The van der Waals surface area contributed by atoms with Crippen molar-refractivity contribution >= 4 is 5.78 Å². The molecule has 116 valence electrons. The molecule has 0 bridgehead atoms. The average molecular weight is 304 g/mol. The number of rotatable bonds is 4. The van der Waals surface area contributed by atoms with Gasteiger partial charge in [0.25, 0.3) is 0 Å². The lowest BCUT2D eigenvalue weighted by Crippen LogP contribution is -2.33. The summed E-state index contributed by atoms with van der Waals surface area (Å²) in [5.74, 6) is 0.417. The zero-order valence-electron chi connectivity index (χ0n) is 13.0. The van der Waals surface area contributed by atoms with E-state index in [0.29, 0.717) is 17.0 Å². The number of hydrogen-bond donors (Lipinski definition) is 1. The molecule has 1 atom stereocenters. The first-order valence-electron chi connectivity index (χ1n) is 8.09. The first-order chi connectivity index (χ1) is 11.3. The molecular weight excluding hydrogens is 284 g/mol. The van der Waals surface area contributed by atoms with Gasteiger partial charge < -0.3 is 5.32 Å². The van der Waals surface area contributed by atoms with Gasteiger partial charge in [0.2, 0.25) is 0 Å². The van der Waals surface area contributed by atoms with Crippen molar-refractivity contribution < 1.29 is 4.79 Å². The molecule has 0 spiro atoms. The van der Waals surface area contributed by atoms with Gasteiger partial charge in [-0.3, -0.25) is 4.79 Å². The molecule has 1 saturated heterocycles. The Morgan fingerprint density at radius 1 is 1.04 bits per heavy atom. The number of Topliss-reactive ketones (excluding diaryl/α,β-unsaturated/α-hetero) is 1. The molecule has 1 N–H and O–H groups in total. The first-order valence-corrected chi connectivity index (χ1v) is 8.09. The molecule has 23 heavy (non-hydrogen) atoms. The van der Waals surface area contributed by atoms with Crippen molar-refractivity contribution in [3.8, 4) is 6.07 Å². The van der Waals surface area contributed by atoms with E-state index in [0.717, 1.165) is 31.5 Å². The highest BCUT2D eigenvalue weighted by atomic mass is 16.1. The fourth-order valence-corrected chi connectivity index (χ4v) is 3.36. The van der Waals surface area contributed by atoms with Gasteiger partial charge in [-0.1, -0.05) is 42.5 Å². The van der Waals surface area contributed by atoms with Crippen molar-refractivity contribution in [1.82, 2.24) is 5.32 Å². The van der Waals surface area contributed by atoms with E-state index in [1.165, 1.54) is 0 Å². The fourth-order valence-electron chi connectivity index (χ4n) is 3.36. The number of carbonyl (C=O) groups excluding carboxylic acids is 1. The molecule has 1 heterocycles. The molecule has 0 radical (unpaired) electrons. The summed E-state index contributed by atoms with van der Waals surface area (Å²) in [6, 6.07) is 19.2. The van der Waals surface area contributed by atoms with Crippen LogP contribution in [0.2, 0.25) is 0 Å². The van der Waals surface area contributed by atoms with Crippen LogP contribution in [0.1, 0.15) is 40.2 Å². The minimum Gasteiger partial charge on any atom is -0.317 e. The number of nitrogens with one attached hydrogen (secondary N) is 1. The molecule has 0 aromatic heterocycles. The Morgan fingerprint density at radius 3 is 2.30 bits per heavy atom. The predicted octanol–water partition coefficient (Wildman–Crippen LogP) is 3.52. The van der Waals surface area contributed by atoms with Crippen LogP contribution in [0, 0.1) is 17.2 Å². The topological polar surface area (TPSA) is 52.9 Å². The molecule has 3 rings (SSSR count). The zero-order chi connectivity index (χ0) is 16.1. The fraction of sp³-hybridized carbons (Fsp3) is 0.300. The number of benzene rings is 2. The largest absolute Gasteiger partial charge is 0.317 e. The van der Waals surface area contributed by atoms with Gasteiger partial charge in [0.05, 0.1) is 17.6 Å². The molecule has 0 aliphatic carbocycles. The van der Waals surface area contributed by atoms with Crippen LogP contribution < -0.4 is 5.32 Å². The summed E-state index contributed by atoms with van der Waals surface area (Å²) in [5, 5.41) is 12.3. The third-order valence-corrected chi connectivity index (χ3v) is 4.59. The normalized spacial score (nSPS) is 16.5. The summed E-state index contributed by atoms with van der Waals surface area (Å²) in [7, 11) is 0. The Balaban J connectivity index is 1.93. The van der Waals surface area contributed by atoms with Gasteiger partial charge in [-0.15, -0.1) is 0 Å². The van der Waals surface area contributed by atoms with Crippen molar-refractivity contribution in [3.05, 3.63) is 71.3 Å². The molecule has 3 heteroatoms. The summed E-state index contributed by atoms with van der Waals surface area (Å²) in [6.45, 7) is 1.93. The second-order valence-electron chi connectivity index (χ2n) is 6.03. The van der Waals surface area contributed by atoms with Gasteiger partial charge >= 0.3 is 0 Å². The number of carbonyl (C=O) groups is 1. The van der Waals surface area contributed by atoms with Crippen LogP contribution >= 0.6 is 0 Å². The van der Waals surface area contributed by atoms with Crippen LogP contribution in [0.4, 0.5) is 0 Å². The number of piperidine rings is 1. The monoisotopic (exact) mass is 304 g/mol. The molecule has 3 nitrogen and oxygen atoms in total. The summed E-state index contributed by atoms with van der Waals surface area (Å²) >= 11 is 0. The van der Waals surface area contributed by atoms with Gasteiger partial charge in [0.1, 0.15) is 0 Å². The molecular formula is C20H20N2O. The minimum atomic E-state index is -0.105. The van der Waals surface area contributed by atoms with Gasteiger partial charge in [-0.05, 0) is 49.5 Å². The van der Waals surface area contributed by atoms with Crippen molar-refractivity contribution in [2.75, 3.05) is 13.1 Å². The summed E-state index contributed by atoms with van der Waals surface area (Å²) in [4.78, 5) is 13.1. The average Bonchev–Trinajstić information content (AvgIpc) is 2.64. The lowest BCUT2D eigenvalue weighted by molar-refractivity contribution is 0.0916. The third kappa shape index (κ3) is 3.49. The molecule has 0 amide bonds. The number of nitriles is 1. The summed E-state index contributed by atoms with van der Waals surface area (Å²) in [5.41, 5.74) is 2.37. The van der Waals surface area contributed by atoms with E-state index in [-0.39, 0.29) is 11.7 Å². The van der Waals surface area contributed by atoms with Crippen LogP contribution in [0.5, 0.6) is 0 Å². The maximum Gasteiger partial charge on any atom is 0.170 e. The van der Waals surface area contributed by atoms with Crippen LogP contribution in [0.3, 0.4) is 0 Å². The van der Waals surface area contributed by atoms with E-state index in [2.05, 4.69) is 11.4 Å². The van der Waals surface area contributed by atoms with Gasteiger partial charge in [-0.25, -0.2) is 0 Å². The van der Waals surface area contributed by atoms with E-state index >= 15 is 0 Å². The maximum atomic E-state index is 13.1. The quantitative estimate of drug-likeness (QED) is 0.879. The smallest absolute Gasteiger partial charge is 0.170 e. The maximum absolute atomic E-state index is 13.1. The Bertz CT molecular complexity index is 695. The van der Waals surface area contributed by atoms with Gasteiger partial charge in [-0.2, -0.15) is 5.26 Å². The number of nitrogens with zero attached hydrogens (tertiary/aromatic N) is 1. The predicted molar refractivity (Wildman–Crippen MR) is 90.3 cm³/mol. The Morgan fingerprint density at radius 2 is 1.70 bits per heavy atom. The van der Waals surface area contributed by atoms with E-state index < -0.39 is 0 Å². The highest BCUT2D eigenvalue weighted by molar-refractivity contribution is 6.01. The molecule has 1 fully saturated rings. The molecule has 2 aromatic carbocycles. The Labute approximate surface area is 137 Å². The third-order valence-electron chi connectivity index (χ3n) is 4.59. The molecule has 0 saturated carbocycles. The van der Waals surface area contributed by atoms with Crippen LogP contribution in [-0.2, 0) is 0 Å². The standard InChI is InChI=1S/C20H20N2O/c21-14-15-6-8-18(9-7-15)20(23)19(16-4-2-1-3-5-16)17-10-12-22-13-11-17/h1-9,17,19,22H,10-13H2. The number of ketones is 1. The van der Waals surface area contributed by atoms with Crippen LogP contribution in [0.25, 0.3) is 0 Å². The second-order valence-corrected chi connectivity index (χ2v) is 6.03. The Hall–Kier alpha value is -2.44. The first kappa shape index (κ1) is 15.5. The second kappa shape index (κ2) is 7.21. The van der Waals surface area contributed by atoms with E-state index in [9.17, 15) is 4.79 Å². The van der Waals surface area contributed by atoms with Crippen molar-refractivity contribution in [1.29, 1.82) is 5.26 Å². The highest BCUT2D eigenvalue weighted by Gasteiger charge is 2.31. The van der Waals surface area contributed by atoms with Crippen LogP contribution in [0.15, 0.2) is 54.6 Å². The van der Waals surface area contributed by atoms with Crippen LogP contribution in [-0.4, -0.2) is 18.9 Å². The molecule has 2 aromatic rings. The summed E-state index contributed by atoms with van der Waals surface area (Å²) < 4.78 is 0. The van der Waals surface area contributed by atoms with E-state index in [1.54, 1.807) is 24.3 Å². The lowest BCUT2D eigenvalue weighted by Gasteiger charge is -2.30. The Kier molecular flexibility index (Phi) is 4.85. The number of hydrogen-bond acceptors (Lipinski definition) is 3. The molecule has 1 unspecified atom stereocenters. The SMILES string of the molecule is N#Cc1ccc(C(=O)C(c2ccccc2)C2CCNCC2)cc1. The van der Waals surface area contributed by atoms with E-state index in [1.807, 2.05) is 30.3 Å². The lowest BCUT2D eigenvalue weighted by atomic mass is 9.76. The van der Waals surface area contributed by atoms with Crippen molar-refractivity contribution in [2.45, 2.75) is 18.8 Å². The molecule has 1 aliphatic heterocycles. The highest BCUT2D eigenvalue weighted by Crippen LogP contribution is 2.34. The molecule has 1 aliphatic rings. The summed E-state index contributed by atoms with van der Waals surface area (Å²) in [6.07, 6.45) is 2.03. The zero-order valence-corrected chi connectivity index (χ0v) is 13.0. The van der Waals surface area contributed by atoms with Crippen molar-refractivity contribution in [3.63, 3.8) is 0 Å². The van der Waals surface area contributed by atoms with Crippen molar-refractivity contribution in [2.24, 2.45) is 5.92 Å². The van der Waals surface area contributed by atoms with Gasteiger partial charge in [0.15, 0.2) is 5.78 Å². The minimum absolute atomic E-state index is 0.105. The van der Waals surface area contributed by atoms with Gasteiger partial charge in [0, 0.05) is 5.56 Å². The van der Waals surface area contributed by atoms with E-state index in [4.69, 9.17) is 5.26 Å².